The number of morpholine rings is 1. The number of halogens is 4. The Hall–Kier alpha value is -2.58. The van der Waals surface area contributed by atoms with Crippen molar-refractivity contribution in [1.82, 2.24) is 4.90 Å². The summed E-state index contributed by atoms with van der Waals surface area (Å²) in [6.45, 7) is 5.33. The van der Waals surface area contributed by atoms with Gasteiger partial charge in [0, 0.05) is 19.6 Å². The smallest absolute Gasteiger partial charge is 0.205 e. The van der Waals surface area contributed by atoms with Crippen molar-refractivity contribution in [2.24, 2.45) is 0 Å². The van der Waals surface area contributed by atoms with Crippen LogP contribution in [0.15, 0.2) is 30.3 Å². The Labute approximate surface area is 172 Å². The summed E-state index contributed by atoms with van der Waals surface area (Å²) in [7, 11) is 0. The fourth-order valence-corrected chi connectivity index (χ4v) is 2.91. The highest BCUT2D eigenvalue weighted by Gasteiger charge is 2.26. The lowest BCUT2D eigenvalue weighted by atomic mass is 10.1. The highest BCUT2D eigenvalue weighted by Crippen LogP contribution is 2.34. The molecule has 2 aromatic carbocycles. The van der Waals surface area contributed by atoms with Gasteiger partial charge in [-0.15, -0.1) is 0 Å². The fraction of sp³-hybridized carbons (Fsp3) is 0.364. The molecule has 0 spiro atoms. The van der Waals surface area contributed by atoms with Gasteiger partial charge in [-0.3, -0.25) is 4.90 Å². The monoisotopic (exact) mass is 425 g/mol. The lowest BCUT2D eigenvalue weighted by Crippen LogP contribution is -2.36. The van der Waals surface area contributed by atoms with Crippen molar-refractivity contribution in [2.45, 2.75) is 13.3 Å². The molecule has 0 unspecified atom stereocenters. The Morgan fingerprint density at radius 1 is 0.933 bits per heavy atom. The van der Waals surface area contributed by atoms with Gasteiger partial charge in [-0.1, -0.05) is 19.1 Å². The van der Waals surface area contributed by atoms with E-state index in [1.165, 1.54) is 30.3 Å². The van der Waals surface area contributed by atoms with Crippen molar-refractivity contribution < 1.29 is 31.8 Å². The Bertz CT molecular complexity index is 852. The molecule has 0 amide bonds. The maximum atomic E-state index is 14.4. The molecule has 0 bridgehead atoms. The number of benzene rings is 2. The van der Waals surface area contributed by atoms with Gasteiger partial charge in [0.1, 0.15) is 11.5 Å². The van der Waals surface area contributed by atoms with E-state index < -0.39 is 34.6 Å². The van der Waals surface area contributed by atoms with Crippen molar-refractivity contribution >= 4 is 6.08 Å². The molecule has 1 fully saturated rings. The standard InChI is InChI=1S/C22H23F4NO3/c1-2-12-29-15-5-7-16(8-6-15)30-22-20(25)18(23)17(19(24)21(22)26)4-3-9-27-10-13-28-14-11-27/h3-8H,2,9-14H2,1H3/b4-3+. The molecule has 0 atom stereocenters. The van der Waals surface area contributed by atoms with Crippen molar-refractivity contribution in [3.05, 3.63) is 59.2 Å². The van der Waals surface area contributed by atoms with E-state index in [1.807, 2.05) is 11.8 Å². The van der Waals surface area contributed by atoms with Crippen molar-refractivity contribution in [3.63, 3.8) is 0 Å². The molecule has 1 aliphatic rings. The molecule has 0 saturated carbocycles. The molecule has 0 aliphatic carbocycles. The van der Waals surface area contributed by atoms with Gasteiger partial charge in [-0.05, 0) is 30.7 Å². The average Bonchev–Trinajstić information content (AvgIpc) is 2.78. The zero-order valence-corrected chi connectivity index (χ0v) is 16.6. The van der Waals surface area contributed by atoms with Crippen LogP contribution in [-0.4, -0.2) is 44.4 Å². The second-order valence-corrected chi connectivity index (χ2v) is 6.74. The van der Waals surface area contributed by atoms with Crippen LogP contribution in [0.25, 0.3) is 6.08 Å². The number of hydrogen-bond acceptors (Lipinski definition) is 4. The molecule has 1 saturated heterocycles. The van der Waals surface area contributed by atoms with E-state index >= 15 is 0 Å². The molecule has 0 N–H and O–H groups in total. The Morgan fingerprint density at radius 3 is 2.13 bits per heavy atom. The molecule has 3 rings (SSSR count). The van der Waals surface area contributed by atoms with Crippen LogP contribution in [0, 0.1) is 23.3 Å². The first-order valence-corrected chi connectivity index (χ1v) is 9.74. The molecule has 8 heteroatoms. The predicted octanol–water partition coefficient (Wildman–Crippen LogP) is 5.17. The van der Waals surface area contributed by atoms with Gasteiger partial charge in [0.15, 0.2) is 11.6 Å². The van der Waals surface area contributed by atoms with Crippen LogP contribution < -0.4 is 9.47 Å². The minimum atomic E-state index is -1.59. The summed E-state index contributed by atoms with van der Waals surface area (Å²) in [5, 5.41) is 0. The largest absolute Gasteiger partial charge is 0.494 e. The van der Waals surface area contributed by atoms with E-state index in [1.54, 1.807) is 0 Å². The van der Waals surface area contributed by atoms with Gasteiger partial charge in [-0.25, -0.2) is 8.78 Å². The molecular weight excluding hydrogens is 402 g/mol. The van der Waals surface area contributed by atoms with Crippen LogP contribution in [0.4, 0.5) is 17.6 Å². The summed E-state index contributed by atoms with van der Waals surface area (Å²) in [6.07, 6.45) is 3.32. The van der Waals surface area contributed by atoms with Crippen molar-refractivity contribution in [3.8, 4) is 17.2 Å². The quantitative estimate of drug-likeness (QED) is 0.431. The predicted molar refractivity (Wildman–Crippen MR) is 105 cm³/mol. The van der Waals surface area contributed by atoms with Gasteiger partial charge < -0.3 is 14.2 Å². The SMILES string of the molecule is CCCOc1ccc(Oc2c(F)c(F)c(/C=C/CN3CCOCC3)c(F)c2F)cc1. The van der Waals surface area contributed by atoms with Crippen LogP contribution in [-0.2, 0) is 4.74 Å². The normalized spacial score (nSPS) is 15.0. The maximum Gasteiger partial charge on any atom is 0.205 e. The van der Waals surface area contributed by atoms with Crippen molar-refractivity contribution in [1.29, 1.82) is 0 Å². The second kappa shape index (κ2) is 10.4. The molecular formula is C22H23F4NO3. The van der Waals surface area contributed by atoms with E-state index in [-0.39, 0.29) is 5.75 Å². The van der Waals surface area contributed by atoms with Crippen LogP contribution in [0.2, 0.25) is 0 Å². The highest BCUT2D eigenvalue weighted by molar-refractivity contribution is 5.54. The summed E-state index contributed by atoms with van der Waals surface area (Å²) >= 11 is 0. The Balaban J connectivity index is 1.76. The zero-order valence-electron chi connectivity index (χ0n) is 16.6. The minimum Gasteiger partial charge on any atom is -0.494 e. The molecule has 1 heterocycles. The van der Waals surface area contributed by atoms with Crippen LogP contribution in [0.1, 0.15) is 18.9 Å². The average molecular weight is 425 g/mol. The topological polar surface area (TPSA) is 30.9 Å². The summed E-state index contributed by atoms with van der Waals surface area (Å²) in [5.74, 6) is -6.76. The number of nitrogens with zero attached hydrogens (tertiary/aromatic N) is 1. The first-order chi connectivity index (χ1) is 14.5. The second-order valence-electron chi connectivity index (χ2n) is 6.74. The van der Waals surface area contributed by atoms with Gasteiger partial charge in [0.05, 0.1) is 25.4 Å². The van der Waals surface area contributed by atoms with Crippen LogP contribution >= 0.6 is 0 Å². The summed E-state index contributed by atoms with van der Waals surface area (Å²) < 4.78 is 73.4. The lowest BCUT2D eigenvalue weighted by molar-refractivity contribution is 0.0435. The van der Waals surface area contributed by atoms with E-state index in [9.17, 15) is 17.6 Å². The van der Waals surface area contributed by atoms with Gasteiger partial charge >= 0.3 is 0 Å². The molecule has 1 aliphatic heterocycles. The van der Waals surface area contributed by atoms with Crippen molar-refractivity contribution in [2.75, 3.05) is 39.5 Å². The first-order valence-electron chi connectivity index (χ1n) is 9.74. The number of hydrogen-bond donors (Lipinski definition) is 0. The van der Waals surface area contributed by atoms with Gasteiger partial charge in [0.25, 0.3) is 0 Å². The minimum absolute atomic E-state index is 0.0195. The first kappa shape index (κ1) is 22.1. The summed E-state index contributed by atoms with van der Waals surface area (Å²) in [4.78, 5) is 1.99. The zero-order chi connectivity index (χ0) is 21.5. The van der Waals surface area contributed by atoms with E-state index in [4.69, 9.17) is 14.2 Å². The number of ether oxygens (including phenoxy) is 3. The van der Waals surface area contributed by atoms with E-state index in [2.05, 4.69) is 0 Å². The molecule has 4 nitrogen and oxygen atoms in total. The molecule has 0 radical (unpaired) electrons. The molecule has 2 aromatic rings. The summed E-state index contributed by atoms with van der Waals surface area (Å²) in [6, 6.07) is 5.87. The highest BCUT2D eigenvalue weighted by atomic mass is 19.2. The van der Waals surface area contributed by atoms with E-state index in [0.29, 0.717) is 45.2 Å². The third kappa shape index (κ3) is 5.31. The lowest BCUT2D eigenvalue weighted by Gasteiger charge is -2.25. The van der Waals surface area contributed by atoms with Crippen LogP contribution in [0.3, 0.4) is 0 Å². The molecule has 0 aromatic heterocycles. The van der Waals surface area contributed by atoms with Gasteiger partial charge in [-0.2, -0.15) is 8.78 Å². The number of rotatable bonds is 8. The molecule has 162 valence electrons. The Kier molecular flexibility index (Phi) is 7.70. The summed E-state index contributed by atoms with van der Waals surface area (Å²) in [5.41, 5.74) is -0.783. The maximum absolute atomic E-state index is 14.4. The van der Waals surface area contributed by atoms with Crippen LogP contribution in [0.5, 0.6) is 17.2 Å². The third-order valence-corrected chi connectivity index (χ3v) is 4.53. The third-order valence-electron chi connectivity index (χ3n) is 4.53. The molecule has 30 heavy (non-hydrogen) atoms. The fourth-order valence-electron chi connectivity index (χ4n) is 2.91. The van der Waals surface area contributed by atoms with Gasteiger partial charge in [0.2, 0.25) is 17.4 Å². The Morgan fingerprint density at radius 2 is 1.53 bits per heavy atom. The van der Waals surface area contributed by atoms with E-state index in [0.717, 1.165) is 12.5 Å².